The average Bonchev–Trinajstić information content (AvgIpc) is 2.08. The Kier molecular flexibility index (Phi) is 2.94. The number of hydrogen-bond acceptors (Lipinski definition) is 1. The van der Waals surface area contributed by atoms with Gasteiger partial charge in [-0.1, -0.05) is 13.3 Å². The normalized spacial score (nSPS) is 35.2. The topological polar surface area (TPSA) is 26.0 Å². The summed E-state index contributed by atoms with van der Waals surface area (Å²) in [6, 6.07) is 0. The molecular formula is C10H17F2N. The second-order valence-electron chi connectivity index (χ2n) is 3.92. The fourth-order valence-corrected chi connectivity index (χ4v) is 1.72. The molecule has 0 spiro atoms. The quantitative estimate of drug-likeness (QED) is 0.622. The van der Waals surface area contributed by atoms with Crippen molar-refractivity contribution in [1.82, 2.24) is 0 Å². The first kappa shape index (κ1) is 10.5. The van der Waals surface area contributed by atoms with Crippen molar-refractivity contribution in [2.45, 2.75) is 45.5 Å². The predicted molar refractivity (Wildman–Crippen MR) is 49.5 cm³/mol. The van der Waals surface area contributed by atoms with Gasteiger partial charge in [-0.25, -0.2) is 8.78 Å². The highest BCUT2D eigenvalue weighted by atomic mass is 19.3. The van der Waals surface area contributed by atoms with Gasteiger partial charge in [0.05, 0.1) is 0 Å². The number of allylic oxidation sites excluding steroid dienone is 2. The molecule has 0 bridgehead atoms. The third-order valence-corrected chi connectivity index (χ3v) is 2.93. The molecule has 0 amide bonds. The van der Waals surface area contributed by atoms with Gasteiger partial charge in [-0.05, 0) is 26.2 Å². The Bertz CT molecular complexity index is 221. The second-order valence-corrected chi connectivity index (χ2v) is 3.92. The van der Waals surface area contributed by atoms with E-state index in [0.717, 1.165) is 12.8 Å². The van der Waals surface area contributed by atoms with Crippen LogP contribution in [0.1, 0.15) is 39.5 Å². The lowest BCUT2D eigenvalue weighted by Gasteiger charge is -2.28. The minimum Gasteiger partial charge on any atom is -0.402 e. The summed E-state index contributed by atoms with van der Waals surface area (Å²) in [5.41, 5.74) is 6.05. The Morgan fingerprint density at radius 1 is 1.38 bits per heavy atom. The first-order valence-electron chi connectivity index (χ1n) is 4.79. The summed E-state index contributed by atoms with van der Waals surface area (Å²) in [4.78, 5) is 0. The molecule has 0 saturated carbocycles. The van der Waals surface area contributed by atoms with Crippen LogP contribution >= 0.6 is 0 Å². The lowest BCUT2D eigenvalue weighted by Crippen LogP contribution is -2.31. The van der Waals surface area contributed by atoms with Crippen LogP contribution in [0.2, 0.25) is 0 Å². The van der Waals surface area contributed by atoms with Gasteiger partial charge >= 0.3 is 0 Å². The zero-order valence-corrected chi connectivity index (χ0v) is 8.24. The molecule has 0 aromatic rings. The smallest absolute Gasteiger partial charge is 0.273 e. The highest BCUT2D eigenvalue weighted by Gasteiger charge is 2.39. The Labute approximate surface area is 78.0 Å². The van der Waals surface area contributed by atoms with Crippen molar-refractivity contribution >= 4 is 0 Å². The standard InChI is InChI=1S/C10H17F2N/c1-7-5-3-4-6-9(13)8(2)10(7,11)12/h7H,3-6,13H2,1-2H3/b9-8+. The average molecular weight is 189 g/mol. The molecule has 1 aliphatic rings. The van der Waals surface area contributed by atoms with Crippen molar-refractivity contribution in [1.29, 1.82) is 0 Å². The molecule has 13 heavy (non-hydrogen) atoms. The van der Waals surface area contributed by atoms with E-state index in [1.165, 1.54) is 6.92 Å². The molecule has 0 aliphatic heterocycles. The van der Waals surface area contributed by atoms with Crippen LogP contribution in [0.15, 0.2) is 11.3 Å². The van der Waals surface area contributed by atoms with Crippen molar-refractivity contribution in [3.05, 3.63) is 11.3 Å². The van der Waals surface area contributed by atoms with E-state index in [1.54, 1.807) is 6.92 Å². The maximum absolute atomic E-state index is 13.5. The number of hydrogen-bond donors (Lipinski definition) is 1. The van der Waals surface area contributed by atoms with E-state index >= 15 is 0 Å². The summed E-state index contributed by atoms with van der Waals surface area (Å²) in [5.74, 6) is -3.28. The van der Waals surface area contributed by atoms with E-state index in [1.807, 2.05) is 0 Å². The molecule has 76 valence electrons. The molecular weight excluding hydrogens is 172 g/mol. The van der Waals surface area contributed by atoms with E-state index in [2.05, 4.69) is 0 Å². The van der Waals surface area contributed by atoms with E-state index in [4.69, 9.17) is 5.73 Å². The molecule has 1 aliphatic carbocycles. The fourth-order valence-electron chi connectivity index (χ4n) is 1.72. The van der Waals surface area contributed by atoms with Crippen molar-refractivity contribution < 1.29 is 8.78 Å². The lowest BCUT2D eigenvalue weighted by molar-refractivity contribution is -0.0205. The number of nitrogens with two attached hydrogens (primary N) is 1. The number of rotatable bonds is 0. The first-order chi connectivity index (χ1) is 5.96. The molecule has 3 heteroatoms. The summed E-state index contributed by atoms with van der Waals surface area (Å²) in [7, 11) is 0. The zero-order valence-electron chi connectivity index (χ0n) is 8.24. The third-order valence-electron chi connectivity index (χ3n) is 2.93. The SMILES string of the molecule is C/C1=C(\N)CCCCC(C)C1(F)F. The van der Waals surface area contributed by atoms with Crippen LogP contribution in [0.5, 0.6) is 0 Å². The molecule has 0 saturated heterocycles. The predicted octanol–water partition coefficient (Wildman–Crippen LogP) is 3.06. The first-order valence-corrected chi connectivity index (χ1v) is 4.79. The lowest BCUT2D eigenvalue weighted by atomic mass is 9.87. The van der Waals surface area contributed by atoms with Crippen LogP contribution < -0.4 is 5.73 Å². The number of alkyl halides is 2. The zero-order chi connectivity index (χ0) is 10.1. The summed E-state index contributed by atoms with van der Waals surface area (Å²) in [6.45, 7) is 3.05. The van der Waals surface area contributed by atoms with Crippen molar-refractivity contribution in [3.63, 3.8) is 0 Å². The molecule has 0 aromatic heterocycles. The van der Waals surface area contributed by atoms with Gasteiger partial charge in [-0.3, -0.25) is 0 Å². The Morgan fingerprint density at radius 3 is 2.62 bits per heavy atom. The molecule has 1 nitrogen and oxygen atoms in total. The highest BCUT2D eigenvalue weighted by Crippen LogP contribution is 2.38. The molecule has 0 radical (unpaired) electrons. The molecule has 1 rings (SSSR count). The van der Waals surface area contributed by atoms with Gasteiger partial charge in [0.15, 0.2) is 0 Å². The molecule has 0 aromatic carbocycles. The van der Waals surface area contributed by atoms with Crippen LogP contribution in [-0.4, -0.2) is 5.92 Å². The van der Waals surface area contributed by atoms with E-state index in [-0.39, 0.29) is 5.57 Å². The molecule has 2 N–H and O–H groups in total. The van der Waals surface area contributed by atoms with Gasteiger partial charge in [0.25, 0.3) is 5.92 Å². The maximum atomic E-state index is 13.5. The molecule has 0 fully saturated rings. The summed E-state index contributed by atoms with van der Waals surface area (Å²) >= 11 is 0. The van der Waals surface area contributed by atoms with Crippen LogP contribution in [0.25, 0.3) is 0 Å². The van der Waals surface area contributed by atoms with E-state index in [0.29, 0.717) is 18.5 Å². The van der Waals surface area contributed by atoms with Gasteiger partial charge in [-0.2, -0.15) is 0 Å². The summed E-state index contributed by atoms with van der Waals surface area (Å²) in [6.07, 6.45) is 3.00. The Hall–Kier alpha value is -0.600. The van der Waals surface area contributed by atoms with Gasteiger partial charge in [0, 0.05) is 17.2 Å². The number of halogens is 2. The van der Waals surface area contributed by atoms with Crippen LogP contribution in [0.4, 0.5) is 8.78 Å². The summed E-state index contributed by atoms with van der Waals surface area (Å²) < 4.78 is 27.1. The van der Waals surface area contributed by atoms with Gasteiger partial charge in [-0.15, -0.1) is 0 Å². The van der Waals surface area contributed by atoms with Crippen LogP contribution in [-0.2, 0) is 0 Å². The Balaban J connectivity index is 2.97. The van der Waals surface area contributed by atoms with E-state index < -0.39 is 11.8 Å². The Morgan fingerprint density at radius 2 is 2.00 bits per heavy atom. The van der Waals surface area contributed by atoms with Crippen LogP contribution in [0.3, 0.4) is 0 Å². The largest absolute Gasteiger partial charge is 0.402 e. The van der Waals surface area contributed by atoms with Crippen molar-refractivity contribution in [3.8, 4) is 0 Å². The van der Waals surface area contributed by atoms with Crippen molar-refractivity contribution in [2.24, 2.45) is 11.7 Å². The minimum absolute atomic E-state index is 0.0831. The van der Waals surface area contributed by atoms with Gasteiger partial charge < -0.3 is 5.73 Å². The third kappa shape index (κ3) is 2.01. The second kappa shape index (κ2) is 3.64. The van der Waals surface area contributed by atoms with E-state index in [9.17, 15) is 8.78 Å². The fraction of sp³-hybridized carbons (Fsp3) is 0.800. The van der Waals surface area contributed by atoms with Crippen LogP contribution in [0, 0.1) is 5.92 Å². The van der Waals surface area contributed by atoms with Gasteiger partial charge in [0.1, 0.15) is 0 Å². The summed E-state index contributed by atoms with van der Waals surface area (Å²) in [5, 5.41) is 0. The highest BCUT2D eigenvalue weighted by molar-refractivity contribution is 5.18. The van der Waals surface area contributed by atoms with Gasteiger partial charge in [0.2, 0.25) is 0 Å². The minimum atomic E-state index is -2.70. The van der Waals surface area contributed by atoms with Crippen molar-refractivity contribution in [2.75, 3.05) is 0 Å². The molecule has 1 atom stereocenters. The molecule has 1 unspecified atom stereocenters. The molecule has 0 heterocycles. The monoisotopic (exact) mass is 189 g/mol. The maximum Gasteiger partial charge on any atom is 0.273 e.